The molecule has 0 aromatic heterocycles. The third-order valence-corrected chi connectivity index (χ3v) is 4.53. The Morgan fingerprint density at radius 1 is 1.19 bits per heavy atom. The number of phenols is 1. The predicted molar refractivity (Wildman–Crippen MR) is 88.3 cm³/mol. The lowest BCUT2D eigenvalue weighted by atomic mass is 9.99. The molecular weight excluding hydrogens is 366 g/mol. The van der Waals surface area contributed by atoms with E-state index in [1.807, 2.05) is 0 Å². The molecule has 1 heterocycles. The maximum absolute atomic E-state index is 14.3. The summed E-state index contributed by atoms with van der Waals surface area (Å²) in [4.78, 5) is 14.0. The van der Waals surface area contributed by atoms with Crippen LogP contribution < -0.4 is 4.74 Å². The first-order valence-electron chi connectivity index (χ1n) is 8.28. The fraction of sp³-hybridized carbons (Fsp3) is 0.316. The van der Waals surface area contributed by atoms with Crippen molar-refractivity contribution in [3.63, 3.8) is 0 Å². The lowest BCUT2D eigenvalue weighted by Crippen LogP contribution is -2.29. The van der Waals surface area contributed by atoms with Gasteiger partial charge < -0.3 is 14.7 Å². The number of halogens is 4. The third-order valence-electron chi connectivity index (χ3n) is 4.53. The van der Waals surface area contributed by atoms with Gasteiger partial charge in [0.15, 0.2) is 0 Å². The lowest BCUT2D eigenvalue weighted by Gasteiger charge is -2.26. The number of phenolic OH excluding ortho intramolecular Hbond substituents is 1. The second-order valence-corrected chi connectivity index (χ2v) is 6.48. The molecule has 0 bridgehead atoms. The van der Waals surface area contributed by atoms with Crippen molar-refractivity contribution in [1.29, 1.82) is 0 Å². The van der Waals surface area contributed by atoms with Crippen LogP contribution in [0.3, 0.4) is 0 Å². The number of rotatable bonds is 4. The summed E-state index contributed by atoms with van der Waals surface area (Å²) in [6, 6.07) is 8.42. The molecule has 1 aliphatic heterocycles. The summed E-state index contributed by atoms with van der Waals surface area (Å²) in [7, 11) is 0. The predicted octanol–water partition coefficient (Wildman–Crippen LogP) is 4.54. The summed E-state index contributed by atoms with van der Waals surface area (Å²) in [5.74, 6) is -1.78. The second-order valence-electron chi connectivity index (χ2n) is 6.48. The van der Waals surface area contributed by atoms with Crippen molar-refractivity contribution in [2.75, 3.05) is 0 Å². The van der Waals surface area contributed by atoms with E-state index in [9.17, 15) is 27.5 Å². The Hall–Kier alpha value is -2.77. The van der Waals surface area contributed by atoms with Gasteiger partial charge in [-0.3, -0.25) is 4.79 Å². The van der Waals surface area contributed by atoms with Gasteiger partial charge in [-0.25, -0.2) is 4.39 Å². The van der Waals surface area contributed by atoms with Gasteiger partial charge in [0.05, 0.1) is 11.6 Å². The van der Waals surface area contributed by atoms with Gasteiger partial charge in [-0.05, 0) is 36.2 Å². The minimum absolute atomic E-state index is 0.0484. The molecule has 0 saturated carbocycles. The molecular formula is C19H17F4NO3. The Labute approximate surface area is 153 Å². The molecule has 1 aliphatic rings. The minimum Gasteiger partial charge on any atom is -0.507 e. The molecule has 8 heteroatoms. The van der Waals surface area contributed by atoms with E-state index in [0.29, 0.717) is 12.0 Å². The van der Waals surface area contributed by atoms with Gasteiger partial charge in [0.2, 0.25) is 5.91 Å². The minimum atomic E-state index is -4.78. The smallest absolute Gasteiger partial charge is 0.507 e. The Bertz CT molecular complexity index is 816. The molecule has 1 saturated heterocycles. The highest BCUT2D eigenvalue weighted by Gasteiger charge is 2.40. The molecule has 3 rings (SSSR count). The number of carbonyl (C=O) groups excluding carboxylic acids is 1. The fourth-order valence-electron chi connectivity index (χ4n) is 3.31. The molecule has 0 aliphatic carbocycles. The van der Waals surface area contributed by atoms with Crippen molar-refractivity contribution >= 4 is 5.91 Å². The Kier molecular flexibility index (Phi) is 4.99. The molecule has 27 heavy (non-hydrogen) atoms. The van der Waals surface area contributed by atoms with Gasteiger partial charge in [-0.2, -0.15) is 0 Å². The number of nitrogens with zero attached hydrogens (tertiary/aromatic N) is 1. The molecule has 2 aromatic carbocycles. The average molecular weight is 383 g/mol. The number of likely N-dealkylation sites (tertiary alicyclic amines) is 1. The number of hydrogen-bond acceptors (Lipinski definition) is 3. The molecule has 144 valence electrons. The van der Waals surface area contributed by atoms with E-state index in [1.165, 1.54) is 35.2 Å². The van der Waals surface area contributed by atoms with Crippen molar-refractivity contribution in [3.8, 4) is 11.5 Å². The van der Waals surface area contributed by atoms with Crippen molar-refractivity contribution in [2.45, 2.75) is 32.3 Å². The van der Waals surface area contributed by atoms with Crippen molar-refractivity contribution in [3.05, 3.63) is 59.4 Å². The summed E-state index contributed by atoms with van der Waals surface area (Å²) in [5, 5.41) is 10.1. The first kappa shape index (κ1) is 19.0. The number of hydrogen-bond donors (Lipinski definition) is 1. The monoisotopic (exact) mass is 383 g/mol. The molecule has 0 spiro atoms. The molecule has 2 atom stereocenters. The van der Waals surface area contributed by atoms with E-state index in [2.05, 4.69) is 4.74 Å². The zero-order valence-corrected chi connectivity index (χ0v) is 14.3. The zero-order valence-electron chi connectivity index (χ0n) is 14.3. The SMILES string of the molecule is CC1CC(c2c(O)cccc2F)N(Cc2ccc(OC(F)(F)F)cc2)C1=O. The fourth-order valence-corrected chi connectivity index (χ4v) is 3.31. The van der Waals surface area contributed by atoms with Gasteiger partial charge >= 0.3 is 6.36 Å². The van der Waals surface area contributed by atoms with Crippen LogP contribution in [0, 0.1) is 11.7 Å². The van der Waals surface area contributed by atoms with Crippen molar-refractivity contribution in [1.82, 2.24) is 4.90 Å². The van der Waals surface area contributed by atoms with E-state index in [1.54, 1.807) is 6.92 Å². The van der Waals surface area contributed by atoms with Crippen LogP contribution in [0.15, 0.2) is 42.5 Å². The van der Waals surface area contributed by atoms with Gasteiger partial charge in [0.25, 0.3) is 0 Å². The quantitative estimate of drug-likeness (QED) is 0.789. The molecule has 2 aromatic rings. The Balaban J connectivity index is 1.84. The first-order valence-corrected chi connectivity index (χ1v) is 8.28. The normalized spacial score (nSPS) is 20.2. The van der Waals surface area contributed by atoms with Crippen LogP contribution in [0.5, 0.6) is 11.5 Å². The summed E-state index contributed by atoms with van der Waals surface area (Å²) in [6.45, 7) is 1.79. The summed E-state index contributed by atoms with van der Waals surface area (Å²) in [6.07, 6.45) is -4.45. The highest BCUT2D eigenvalue weighted by molar-refractivity contribution is 5.81. The summed E-state index contributed by atoms with van der Waals surface area (Å²) >= 11 is 0. The van der Waals surface area contributed by atoms with Gasteiger partial charge in [0, 0.05) is 12.5 Å². The van der Waals surface area contributed by atoms with Crippen LogP contribution in [-0.4, -0.2) is 22.3 Å². The van der Waals surface area contributed by atoms with E-state index < -0.39 is 18.2 Å². The van der Waals surface area contributed by atoms with Crippen LogP contribution in [0.2, 0.25) is 0 Å². The molecule has 1 amide bonds. The van der Waals surface area contributed by atoms with Crippen LogP contribution in [-0.2, 0) is 11.3 Å². The second kappa shape index (κ2) is 7.09. The van der Waals surface area contributed by atoms with Crippen LogP contribution in [0.25, 0.3) is 0 Å². The molecule has 1 N–H and O–H groups in total. The molecule has 2 unspecified atom stereocenters. The maximum Gasteiger partial charge on any atom is 0.573 e. The van der Waals surface area contributed by atoms with Crippen LogP contribution in [0.1, 0.15) is 30.5 Å². The van der Waals surface area contributed by atoms with E-state index in [-0.39, 0.29) is 35.4 Å². The largest absolute Gasteiger partial charge is 0.573 e. The number of aromatic hydroxyl groups is 1. The topological polar surface area (TPSA) is 49.8 Å². The van der Waals surface area contributed by atoms with E-state index >= 15 is 0 Å². The Morgan fingerprint density at radius 3 is 2.44 bits per heavy atom. The van der Waals surface area contributed by atoms with E-state index in [0.717, 1.165) is 12.1 Å². The van der Waals surface area contributed by atoms with Crippen LogP contribution >= 0.6 is 0 Å². The highest BCUT2D eigenvalue weighted by Crippen LogP contribution is 2.41. The van der Waals surface area contributed by atoms with Crippen LogP contribution in [0.4, 0.5) is 17.6 Å². The zero-order chi connectivity index (χ0) is 19.8. The maximum atomic E-state index is 14.3. The first-order chi connectivity index (χ1) is 12.7. The standard InChI is InChI=1S/C19H17F4NO3/c1-11-9-15(17-14(20)3-2-4-16(17)25)24(18(11)26)10-12-5-7-13(8-6-12)27-19(21,22)23/h2-8,11,15,25H,9-10H2,1H3. The molecule has 1 fully saturated rings. The number of amides is 1. The number of carbonyl (C=O) groups is 1. The number of ether oxygens (including phenoxy) is 1. The van der Waals surface area contributed by atoms with Gasteiger partial charge in [-0.15, -0.1) is 13.2 Å². The number of benzene rings is 2. The lowest BCUT2D eigenvalue weighted by molar-refractivity contribution is -0.274. The Morgan fingerprint density at radius 2 is 1.85 bits per heavy atom. The van der Waals surface area contributed by atoms with Gasteiger partial charge in [0.1, 0.15) is 17.3 Å². The van der Waals surface area contributed by atoms with Crippen molar-refractivity contribution in [2.24, 2.45) is 5.92 Å². The molecule has 0 radical (unpaired) electrons. The number of alkyl halides is 3. The van der Waals surface area contributed by atoms with Gasteiger partial charge in [-0.1, -0.05) is 25.1 Å². The highest BCUT2D eigenvalue weighted by atomic mass is 19.4. The average Bonchev–Trinajstić information content (AvgIpc) is 2.83. The van der Waals surface area contributed by atoms with E-state index in [4.69, 9.17) is 0 Å². The third kappa shape index (κ3) is 4.15. The van der Waals surface area contributed by atoms with Crippen molar-refractivity contribution < 1.29 is 32.2 Å². The summed E-state index contributed by atoms with van der Waals surface area (Å²) < 4.78 is 54.8. The molecule has 4 nitrogen and oxygen atoms in total. The summed E-state index contributed by atoms with van der Waals surface area (Å²) in [5.41, 5.74) is 0.611.